The number of aromatic hydroxyl groups is 1. The Balaban J connectivity index is 1.06. The molecule has 1 saturated carbocycles. The van der Waals surface area contributed by atoms with Crippen LogP contribution in [0.15, 0.2) is 30.3 Å². The van der Waals surface area contributed by atoms with E-state index in [0.29, 0.717) is 37.0 Å². The number of hydrogen-bond acceptors (Lipinski definition) is 8. The first kappa shape index (κ1) is 26.3. The second-order valence-electron chi connectivity index (χ2n) is 14.4. The molecule has 6 aliphatic rings. The van der Waals surface area contributed by atoms with Gasteiger partial charge in [0, 0.05) is 60.5 Å². The van der Waals surface area contributed by atoms with Crippen molar-refractivity contribution in [2.45, 2.75) is 94.9 Å². The van der Waals surface area contributed by atoms with Crippen LogP contribution in [0.4, 0.5) is 11.5 Å². The summed E-state index contributed by atoms with van der Waals surface area (Å²) >= 11 is 0. The first-order valence-electron chi connectivity index (χ1n) is 16.8. The third kappa shape index (κ3) is 4.31. The van der Waals surface area contributed by atoms with E-state index >= 15 is 0 Å². The summed E-state index contributed by atoms with van der Waals surface area (Å²) in [5.41, 5.74) is 4.82. The van der Waals surface area contributed by atoms with Gasteiger partial charge in [0.15, 0.2) is 0 Å². The van der Waals surface area contributed by atoms with Crippen LogP contribution in [0.3, 0.4) is 0 Å². The number of nitrogens with zero attached hydrogens (tertiary/aromatic N) is 5. The smallest absolute Gasteiger partial charge is 0.318 e. The van der Waals surface area contributed by atoms with Crippen molar-refractivity contribution in [2.24, 2.45) is 5.92 Å². The van der Waals surface area contributed by atoms with Crippen LogP contribution in [0, 0.1) is 12.8 Å². The Bertz CT molecular complexity index is 1570. The maximum absolute atomic E-state index is 10.7. The van der Waals surface area contributed by atoms with E-state index in [1.807, 2.05) is 12.1 Å². The van der Waals surface area contributed by atoms with Crippen molar-refractivity contribution in [3.05, 3.63) is 47.2 Å². The molecular formula is C35H44N6O2. The molecule has 226 valence electrons. The molecule has 5 aliphatic heterocycles. The molecule has 4 saturated heterocycles. The highest BCUT2D eigenvalue weighted by Gasteiger charge is 2.55. The predicted molar refractivity (Wildman–Crippen MR) is 169 cm³/mol. The lowest BCUT2D eigenvalue weighted by Crippen LogP contribution is -2.52. The zero-order valence-electron chi connectivity index (χ0n) is 25.4. The van der Waals surface area contributed by atoms with E-state index in [4.69, 9.17) is 14.7 Å². The number of ether oxygens (including phenoxy) is 1. The summed E-state index contributed by atoms with van der Waals surface area (Å²) in [7, 11) is 0. The van der Waals surface area contributed by atoms with Gasteiger partial charge in [0.1, 0.15) is 18.2 Å². The summed E-state index contributed by atoms with van der Waals surface area (Å²) in [6, 6.07) is 12.5. The van der Waals surface area contributed by atoms with Crippen molar-refractivity contribution < 1.29 is 9.84 Å². The molecule has 9 rings (SSSR count). The average Bonchev–Trinajstić information content (AvgIpc) is 3.76. The van der Waals surface area contributed by atoms with Gasteiger partial charge in [-0.15, -0.1) is 0 Å². The molecule has 43 heavy (non-hydrogen) atoms. The van der Waals surface area contributed by atoms with Gasteiger partial charge in [-0.1, -0.05) is 24.6 Å². The number of benzene rings is 2. The molecule has 1 aromatic heterocycles. The summed E-state index contributed by atoms with van der Waals surface area (Å²) in [6.07, 6.45) is 11.3. The van der Waals surface area contributed by atoms with Gasteiger partial charge in [0.25, 0.3) is 0 Å². The van der Waals surface area contributed by atoms with Crippen LogP contribution in [0.1, 0.15) is 68.2 Å². The Morgan fingerprint density at radius 2 is 1.91 bits per heavy atom. The van der Waals surface area contributed by atoms with E-state index in [0.717, 1.165) is 60.6 Å². The van der Waals surface area contributed by atoms with Crippen molar-refractivity contribution in [1.29, 1.82) is 0 Å². The number of phenolic OH excluding ortho intramolecular Hbond substituents is 1. The van der Waals surface area contributed by atoms with Crippen molar-refractivity contribution in [2.75, 3.05) is 42.6 Å². The lowest BCUT2D eigenvalue weighted by atomic mass is 9.90. The molecule has 8 nitrogen and oxygen atoms in total. The van der Waals surface area contributed by atoms with Crippen molar-refractivity contribution in [3.8, 4) is 11.8 Å². The van der Waals surface area contributed by atoms with E-state index in [9.17, 15) is 5.11 Å². The third-order valence-electron chi connectivity index (χ3n) is 11.8. The van der Waals surface area contributed by atoms with E-state index in [2.05, 4.69) is 45.1 Å². The number of nitrogens with one attached hydrogen (secondary N) is 1. The van der Waals surface area contributed by atoms with Crippen molar-refractivity contribution in [1.82, 2.24) is 20.2 Å². The molecular weight excluding hydrogens is 536 g/mol. The van der Waals surface area contributed by atoms with Gasteiger partial charge in [-0.25, -0.2) is 0 Å². The second kappa shape index (κ2) is 9.96. The van der Waals surface area contributed by atoms with Crippen LogP contribution < -0.4 is 19.9 Å². The van der Waals surface area contributed by atoms with Gasteiger partial charge in [0.05, 0.1) is 17.8 Å². The van der Waals surface area contributed by atoms with Crippen LogP contribution >= 0.6 is 0 Å². The van der Waals surface area contributed by atoms with Crippen LogP contribution in [0.25, 0.3) is 10.8 Å². The largest absolute Gasteiger partial charge is 0.508 e. The fourth-order valence-electron chi connectivity index (χ4n) is 9.98. The Kier molecular flexibility index (Phi) is 6.10. The topological polar surface area (TPSA) is 77.0 Å². The Morgan fingerprint density at radius 3 is 2.79 bits per heavy atom. The first-order chi connectivity index (χ1) is 21.0. The molecule has 5 atom stereocenters. The number of rotatable bonds is 5. The van der Waals surface area contributed by atoms with Gasteiger partial charge in [-0.05, 0) is 87.8 Å². The van der Waals surface area contributed by atoms with Gasteiger partial charge < -0.3 is 25.0 Å². The van der Waals surface area contributed by atoms with Crippen LogP contribution in [-0.2, 0) is 13.0 Å². The van der Waals surface area contributed by atoms with Crippen LogP contribution in [0.5, 0.6) is 11.8 Å². The SMILES string of the molecule is Cc1cccc2cc(O)cc(N3CCc4c(nc(OC[C@@]56CCCN5[C@H]5CCC[C@H]5C6)nc4N4CC5CCC(C4)N5)C3)c12. The molecule has 8 heteroatoms. The number of fused-ring (bicyclic) bond motifs is 7. The Labute approximate surface area is 254 Å². The molecule has 6 heterocycles. The minimum absolute atomic E-state index is 0.160. The normalized spacial score (nSPS) is 31.5. The quantitative estimate of drug-likeness (QED) is 0.440. The average molecular weight is 581 g/mol. The summed E-state index contributed by atoms with van der Waals surface area (Å²) in [4.78, 5) is 18.1. The monoisotopic (exact) mass is 580 g/mol. The molecule has 0 amide bonds. The minimum atomic E-state index is 0.160. The Hall–Kier alpha value is -3.10. The molecule has 2 N–H and O–H groups in total. The number of anilines is 2. The van der Waals surface area contributed by atoms with Gasteiger partial charge in [0.2, 0.25) is 0 Å². The zero-order valence-corrected chi connectivity index (χ0v) is 25.4. The highest BCUT2D eigenvalue weighted by Crippen LogP contribution is 2.51. The van der Waals surface area contributed by atoms with Crippen LogP contribution in [0.2, 0.25) is 0 Å². The van der Waals surface area contributed by atoms with Gasteiger partial charge in [-0.2, -0.15) is 9.97 Å². The molecule has 2 bridgehead atoms. The molecule has 0 spiro atoms. The molecule has 3 aromatic rings. The molecule has 0 radical (unpaired) electrons. The summed E-state index contributed by atoms with van der Waals surface area (Å²) < 4.78 is 6.71. The molecule has 5 fully saturated rings. The number of aryl methyl sites for hydroxylation is 1. The molecule has 1 aliphatic carbocycles. The van der Waals surface area contributed by atoms with Crippen molar-refractivity contribution in [3.63, 3.8) is 0 Å². The maximum atomic E-state index is 10.7. The number of aromatic nitrogens is 2. The van der Waals surface area contributed by atoms with Crippen LogP contribution in [-0.4, -0.2) is 76.4 Å². The highest BCUT2D eigenvalue weighted by molar-refractivity contribution is 5.98. The minimum Gasteiger partial charge on any atom is -0.508 e. The van der Waals surface area contributed by atoms with Gasteiger partial charge in [-0.3, -0.25) is 4.90 Å². The summed E-state index contributed by atoms with van der Waals surface area (Å²) in [6.45, 7) is 7.64. The summed E-state index contributed by atoms with van der Waals surface area (Å²) in [5, 5.41) is 16.7. The second-order valence-corrected chi connectivity index (χ2v) is 14.4. The van der Waals surface area contributed by atoms with E-state index < -0.39 is 0 Å². The third-order valence-corrected chi connectivity index (χ3v) is 11.8. The number of phenols is 1. The zero-order chi connectivity index (χ0) is 28.7. The van der Waals surface area contributed by atoms with E-state index in [-0.39, 0.29) is 5.54 Å². The molecule has 2 unspecified atom stereocenters. The first-order valence-corrected chi connectivity index (χ1v) is 16.8. The Morgan fingerprint density at radius 1 is 1.02 bits per heavy atom. The lowest BCUT2D eigenvalue weighted by molar-refractivity contribution is 0.0829. The molecule has 2 aromatic carbocycles. The number of piperazine rings is 1. The lowest BCUT2D eigenvalue weighted by Gasteiger charge is -2.38. The standard InChI is InChI=1S/C35H44N6O2/c1-22-5-2-6-23-15-27(42)16-31(32(22)23)39-14-11-28-29(20-39)37-34(38-33(28)40-18-25-9-10-26(19-40)36-25)43-21-35-12-4-13-41(35)30-8-3-7-24(30)17-35/h2,5-6,15-16,24-26,30,36,42H,3-4,7-14,17-21H2,1H3/t24-,25?,26?,30-,35-/m0/s1. The highest BCUT2D eigenvalue weighted by atomic mass is 16.5. The summed E-state index contributed by atoms with van der Waals surface area (Å²) in [5.74, 6) is 2.25. The fraction of sp³-hybridized carbons (Fsp3) is 0.600. The van der Waals surface area contributed by atoms with Crippen molar-refractivity contribution >= 4 is 22.3 Å². The fourth-order valence-corrected chi connectivity index (χ4v) is 9.98. The van der Waals surface area contributed by atoms with E-state index in [1.165, 1.54) is 74.4 Å². The van der Waals surface area contributed by atoms with E-state index in [1.54, 1.807) is 0 Å². The number of hydrogen-bond donors (Lipinski definition) is 2. The maximum Gasteiger partial charge on any atom is 0.318 e. The predicted octanol–water partition coefficient (Wildman–Crippen LogP) is 4.93. The van der Waals surface area contributed by atoms with Gasteiger partial charge >= 0.3 is 6.01 Å².